The van der Waals surface area contributed by atoms with E-state index in [1.165, 1.54) is 19.3 Å². The first-order chi connectivity index (χ1) is 9.67. The second kappa shape index (κ2) is 7.43. The number of likely N-dealkylation sites (tertiary alicyclic amines) is 1. The maximum atomic E-state index is 10.2. The molecule has 4 heteroatoms. The third-order valence-corrected chi connectivity index (χ3v) is 4.80. The lowest BCUT2D eigenvalue weighted by Gasteiger charge is -2.41. The summed E-state index contributed by atoms with van der Waals surface area (Å²) in [5, 5.41) is 10.2. The van der Waals surface area contributed by atoms with Crippen molar-refractivity contribution >= 4 is 15.9 Å². The van der Waals surface area contributed by atoms with Crippen LogP contribution in [-0.2, 0) is 0 Å². The third kappa shape index (κ3) is 3.54. The van der Waals surface area contributed by atoms with E-state index in [2.05, 4.69) is 33.8 Å². The summed E-state index contributed by atoms with van der Waals surface area (Å²) in [5.41, 5.74) is 6.81. The first-order valence-electron chi connectivity index (χ1n) is 7.61. The first-order valence-corrected chi connectivity index (χ1v) is 8.41. The molecule has 1 aliphatic heterocycles. The Labute approximate surface area is 130 Å². The molecule has 1 saturated heterocycles. The molecule has 0 bridgehead atoms. The molecule has 20 heavy (non-hydrogen) atoms. The van der Waals surface area contributed by atoms with Crippen molar-refractivity contribution in [1.29, 1.82) is 0 Å². The van der Waals surface area contributed by atoms with Crippen molar-refractivity contribution in [2.75, 3.05) is 13.1 Å². The number of nitrogens with two attached hydrogens (primary N) is 1. The van der Waals surface area contributed by atoms with Crippen molar-refractivity contribution in [1.82, 2.24) is 4.90 Å². The Morgan fingerprint density at radius 3 is 2.95 bits per heavy atom. The fourth-order valence-electron chi connectivity index (χ4n) is 3.36. The van der Waals surface area contributed by atoms with E-state index in [0.717, 1.165) is 36.0 Å². The van der Waals surface area contributed by atoms with E-state index in [1.54, 1.807) is 6.07 Å². The Morgan fingerprint density at radius 1 is 1.45 bits per heavy atom. The Bertz CT molecular complexity index is 436. The number of rotatable bonds is 5. The second-order valence-corrected chi connectivity index (χ2v) is 6.51. The van der Waals surface area contributed by atoms with Crippen LogP contribution in [0.5, 0.6) is 5.75 Å². The summed E-state index contributed by atoms with van der Waals surface area (Å²) in [7, 11) is 0. The molecule has 0 saturated carbocycles. The average molecular weight is 341 g/mol. The molecule has 1 fully saturated rings. The SMILES string of the molecule is CCC(c1cc(Br)ccc1O)N1CCCCC1CCN. The Balaban J connectivity index is 2.27. The maximum Gasteiger partial charge on any atom is 0.120 e. The standard InChI is InChI=1S/C16H25BrN2O/c1-2-15(14-11-12(17)6-7-16(14)20)19-10-4-3-5-13(19)8-9-18/h6-7,11,13,15,20H,2-5,8-10,18H2,1H3. The van der Waals surface area contributed by atoms with Gasteiger partial charge in [0.2, 0.25) is 0 Å². The highest BCUT2D eigenvalue weighted by molar-refractivity contribution is 9.10. The number of phenolic OH excluding ortho intramolecular Hbond substituents is 1. The molecule has 0 amide bonds. The van der Waals surface area contributed by atoms with Gasteiger partial charge in [-0.25, -0.2) is 0 Å². The normalized spacial score (nSPS) is 21.9. The lowest BCUT2D eigenvalue weighted by atomic mass is 9.93. The fraction of sp³-hybridized carbons (Fsp3) is 0.625. The molecule has 2 atom stereocenters. The van der Waals surface area contributed by atoms with Gasteiger partial charge in [-0.3, -0.25) is 4.90 Å². The van der Waals surface area contributed by atoms with Gasteiger partial charge in [0.25, 0.3) is 0 Å². The van der Waals surface area contributed by atoms with Crippen molar-refractivity contribution in [3.63, 3.8) is 0 Å². The summed E-state index contributed by atoms with van der Waals surface area (Å²) in [6.45, 7) is 4.04. The van der Waals surface area contributed by atoms with Gasteiger partial charge in [0.15, 0.2) is 0 Å². The van der Waals surface area contributed by atoms with Gasteiger partial charge < -0.3 is 10.8 Å². The quantitative estimate of drug-likeness (QED) is 0.856. The van der Waals surface area contributed by atoms with Gasteiger partial charge in [0.1, 0.15) is 5.75 Å². The number of hydrogen-bond acceptors (Lipinski definition) is 3. The van der Waals surface area contributed by atoms with Crippen LogP contribution >= 0.6 is 15.9 Å². The van der Waals surface area contributed by atoms with Gasteiger partial charge >= 0.3 is 0 Å². The van der Waals surface area contributed by atoms with E-state index < -0.39 is 0 Å². The lowest BCUT2D eigenvalue weighted by Crippen LogP contribution is -2.42. The monoisotopic (exact) mass is 340 g/mol. The predicted octanol–water partition coefficient (Wildman–Crippen LogP) is 3.81. The van der Waals surface area contributed by atoms with Gasteiger partial charge in [-0.15, -0.1) is 0 Å². The van der Waals surface area contributed by atoms with Crippen LogP contribution in [0, 0.1) is 0 Å². The van der Waals surface area contributed by atoms with Crippen LogP contribution in [0.4, 0.5) is 0 Å². The Morgan fingerprint density at radius 2 is 2.25 bits per heavy atom. The van der Waals surface area contributed by atoms with Gasteiger partial charge in [-0.1, -0.05) is 29.3 Å². The maximum absolute atomic E-state index is 10.2. The number of aromatic hydroxyl groups is 1. The van der Waals surface area contributed by atoms with Crippen LogP contribution in [0.25, 0.3) is 0 Å². The molecule has 1 heterocycles. The number of benzene rings is 1. The Hall–Kier alpha value is -0.580. The van der Waals surface area contributed by atoms with Crippen molar-refractivity contribution in [2.45, 2.75) is 51.1 Å². The molecule has 112 valence electrons. The summed E-state index contributed by atoms with van der Waals surface area (Å²) in [5.74, 6) is 0.400. The van der Waals surface area contributed by atoms with Crippen molar-refractivity contribution in [3.8, 4) is 5.75 Å². The van der Waals surface area contributed by atoms with Crippen LogP contribution in [0.3, 0.4) is 0 Å². The number of hydrogen-bond donors (Lipinski definition) is 2. The predicted molar refractivity (Wildman–Crippen MR) is 86.9 cm³/mol. The summed E-state index contributed by atoms with van der Waals surface area (Å²) in [6, 6.07) is 6.56. The molecule has 0 spiro atoms. The van der Waals surface area contributed by atoms with E-state index in [9.17, 15) is 5.11 Å². The van der Waals surface area contributed by atoms with E-state index in [1.807, 2.05) is 6.07 Å². The molecule has 2 rings (SSSR count). The van der Waals surface area contributed by atoms with E-state index in [0.29, 0.717) is 11.8 Å². The van der Waals surface area contributed by atoms with Crippen LogP contribution in [-0.4, -0.2) is 29.1 Å². The molecule has 1 aromatic carbocycles. The molecule has 1 aliphatic rings. The molecule has 3 N–H and O–H groups in total. The summed E-state index contributed by atoms with van der Waals surface area (Å²) < 4.78 is 1.02. The molecule has 0 aliphatic carbocycles. The number of piperidine rings is 1. The van der Waals surface area contributed by atoms with Crippen molar-refractivity contribution in [2.24, 2.45) is 5.73 Å². The average Bonchev–Trinajstić information content (AvgIpc) is 2.45. The zero-order chi connectivity index (χ0) is 14.5. The number of nitrogens with zero attached hydrogens (tertiary/aromatic N) is 1. The van der Waals surface area contributed by atoms with Crippen LogP contribution in [0.1, 0.15) is 50.6 Å². The zero-order valence-corrected chi connectivity index (χ0v) is 13.8. The highest BCUT2D eigenvalue weighted by Crippen LogP contribution is 2.37. The second-order valence-electron chi connectivity index (χ2n) is 5.59. The molecule has 0 aromatic heterocycles. The minimum absolute atomic E-state index is 0.282. The lowest BCUT2D eigenvalue weighted by molar-refractivity contribution is 0.0858. The third-order valence-electron chi connectivity index (χ3n) is 4.31. The Kier molecular flexibility index (Phi) is 5.87. The van der Waals surface area contributed by atoms with Crippen molar-refractivity contribution < 1.29 is 5.11 Å². The largest absolute Gasteiger partial charge is 0.508 e. The minimum atomic E-state index is 0.282. The van der Waals surface area contributed by atoms with Gasteiger partial charge in [-0.2, -0.15) is 0 Å². The molecule has 0 radical (unpaired) electrons. The highest BCUT2D eigenvalue weighted by atomic mass is 79.9. The van der Waals surface area contributed by atoms with Crippen LogP contribution in [0.2, 0.25) is 0 Å². The van der Waals surface area contributed by atoms with Gasteiger partial charge in [0.05, 0.1) is 0 Å². The summed E-state index contributed by atoms with van der Waals surface area (Å²) in [4.78, 5) is 2.55. The first kappa shape index (κ1) is 15.8. The van der Waals surface area contributed by atoms with Gasteiger partial charge in [0, 0.05) is 22.1 Å². The number of halogens is 1. The van der Waals surface area contributed by atoms with Gasteiger partial charge in [-0.05, 0) is 57.0 Å². The minimum Gasteiger partial charge on any atom is -0.508 e. The fourth-order valence-corrected chi connectivity index (χ4v) is 3.74. The molecule has 2 unspecified atom stereocenters. The molecular weight excluding hydrogens is 316 g/mol. The number of phenols is 1. The van der Waals surface area contributed by atoms with E-state index in [-0.39, 0.29) is 6.04 Å². The topological polar surface area (TPSA) is 49.5 Å². The smallest absolute Gasteiger partial charge is 0.120 e. The summed E-state index contributed by atoms with van der Waals surface area (Å²) >= 11 is 3.51. The summed E-state index contributed by atoms with van der Waals surface area (Å²) in [6.07, 6.45) is 5.81. The van der Waals surface area contributed by atoms with E-state index >= 15 is 0 Å². The van der Waals surface area contributed by atoms with Crippen LogP contribution in [0.15, 0.2) is 22.7 Å². The molecular formula is C16H25BrN2O. The van der Waals surface area contributed by atoms with E-state index in [4.69, 9.17) is 5.73 Å². The van der Waals surface area contributed by atoms with Crippen LogP contribution < -0.4 is 5.73 Å². The molecule has 1 aromatic rings. The highest BCUT2D eigenvalue weighted by Gasteiger charge is 2.29. The van der Waals surface area contributed by atoms with Crippen molar-refractivity contribution in [3.05, 3.63) is 28.2 Å². The molecule has 3 nitrogen and oxygen atoms in total. The zero-order valence-electron chi connectivity index (χ0n) is 12.2.